The molecule has 1 rings (SSSR count). The molecule has 0 saturated carbocycles. The summed E-state index contributed by atoms with van der Waals surface area (Å²) in [5.41, 5.74) is 0. The van der Waals surface area contributed by atoms with Crippen LogP contribution in [0.5, 0.6) is 5.75 Å². The highest BCUT2D eigenvalue weighted by atomic mass is 16.5. The normalized spacial score (nSPS) is 7.69. The lowest BCUT2D eigenvalue weighted by Gasteiger charge is -2.00. The summed E-state index contributed by atoms with van der Waals surface area (Å²) in [6.07, 6.45) is 0. The maximum absolute atomic E-state index is 10.0. The molecule has 0 amide bonds. The molecule has 0 aromatic heterocycles. The number of para-hydroxylation sites is 1. The number of benzene rings is 1. The van der Waals surface area contributed by atoms with Gasteiger partial charge in [0.25, 0.3) is 0 Å². The average Bonchev–Trinajstić information content (AvgIpc) is 2.03. The Bertz CT molecular complexity index is 234. The van der Waals surface area contributed by atoms with E-state index < -0.39 is 5.97 Å². The van der Waals surface area contributed by atoms with Crippen LogP contribution < -0.4 is 4.74 Å². The van der Waals surface area contributed by atoms with Gasteiger partial charge in [-0.05, 0) is 12.1 Å². The van der Waals surface area contributed by atoms with Crippen LogP contribution in [-0.4, -0.2) is 28.6 Å². The van der Waals surface area contributed by atoms with E-state index in [4.69, 9.17) is 9.84 Å². The SMILES string of the molecule is O.O.O=C(O)COc1ccccc1. The van der Waals surface area contributed by atoms with Gasteiger partial charge in [0.05, 0.1) is 0 Å². The van der Waals surface area contributed by atoms with E-state index in [0.29, 0.717) is 5.75 Å². The standard InChI is InChI=1S/C8H8O3.2H2O/c9-8(10)6-11-7-4-2-1-3-5-7;;/h1-5H,6H2,(H,9,10);2*1H2. The summed E-state index contributed by atoms with van der Waals surface area (Å²) < 4.78 is 4.87. The summed E-state index contributed by atoms with van der Waals surface area (Å²) >= 11 is 0. The number of ether oxygens (including phenoxy) is 1. The van der Waals surface area contributed by atoms with Crippen molar-refractivity contribution in [2.45, 2.75) is 0 Å². The van der Waals surface area contributed by atoms with E-state index in [0.717, 1.165) is 0 Å². The molecule has 0 heterocycles. The van der Waals surface area contributed by atoms with Crippen LogP contribution in [0.3, 0.4) is 0 Å². The molecule has 0 aliphatic heterocycles. The van der Waals surface area contributed by atoms with Gasteiger partial charge in [0.15, 0.2) is 6.61 Å². The molecule has 1 aromatic rings. The van der Waals surface area contributed by atoms with E-state index in [-0.39, 0.29) is 17.6 Å². The lowest BCUT2D eigenvalue weighted by molar-refractivity contribution is -0.139. The van der Waals surface area contributed by atoms with E-state index in [1.807, 2.05) is 6.07 Å². The highest BCUT2D eigenvalue weighted by molar-refractivity contribution is 5.68. The molecular weight excluding hydrogens is 176 g/mol. The zero-order valence-corrected chi connectivity index (χ0v) is 6.86. The number of carboxylic acid groups (broad SMARTS) is 1. The van der Waals surface area contributed by atoms with Crippen LogP contribution >= 0.6 is 0 Å². The highest BCUT2D eigenvalue weighted by Gasteiger charge is 1.96. The molecular formula is C8H12O5. The predicted molar refractivity (Wildman–Crippen MR) is 46.8 cm³/mol. The zero-order valence-electron chi connectivity index (χ0n) is 6.86. The van der Waals surface area contributed by atoms with Gasteiger partial charge in [0.2, 0.25) is 0 Å². The van der Waals surface area contributed by atoms with E-state index in [2.05, 4.69) is 0 Å². The Labute approximate surface area is 75.2 Å². The van der Waals surface area contributed by atoms with Gasteiger partial charge in [-0.25, -0.2) is 4.79 Å². The fourth-order valence-corrected chi connectivity index (χ4v) is 0.662. The van der Waals surface area contributed by atoms with E-state index in [9.17, 15) is 4.79 Å². The van der Waals surface area contributed by atoms with Crippen LogP contribution in [0.4, 0.5) is 0 Å². The molecule has 0 atom stereocenters. The molecule has 5 N–H and O–H groups in total. The van der Waals surface area contributed by atoms with Crippen molar-refractivity contribution in [3.05, 3.63) is 30.3 Å². The average molecular weight is 188 g/mol. The molecule has 0 radical (unpaired) electrons. The van der Waals surface area contributed by atoms with Crippen molar-refractivity contribution in [3.63, 3.8) is 0 Å². The van der Waals surface area contributed by atoms with E-state index in [1.165, 1.54) is 0 Å². The van der Waals surface area contributed by atoms with Crippen LogP contribution in [0.15, 0.2) is 30.3 Å². The summed E-state index contributed by atoms with van der Waals surface area (Å²) in [7, 11) is 0. The minimum absolute atomic E-state index is 0. The molecule has 0 aliphatic carbocycles. The second-order valence-corrected chi connectivity index (χ2v) is 2.00. The molecule has 0 fully saturated rings. The quantitative estimate of drug-likeness (QED) is 0.690. The summed E-state index contributed by atoms with van der Waals surface area (Å²) in [5.74, 6) is -0.385. The Morgan fingerprint density at radius 3 is 2.23 bits per heavy atom. The lowest BCUT2D eigenvalue weighted by atomic mass is 10.3. The second-order valence-electron chi connectivity index (χ2n) is 2.00. The minimum Gasteiger partial charge on any atom is -0.482 e. The van der Waals surface area contributed by atoms with Gasteiger partial charge in [0, 0.05) is 0 Å². The van der Waals surface area contributed by atoms with Crippen LogP contribution in [0, 0.1) is 0 Å². The van der Waals surface area contributed by atoms with Gasteiger partial charge in [-0.15, -0.1) is 0 Å². The first-order valence-electron chi connectivity index (χ1n) is 3.18. The molecule has 0 aliphatic rings. The number of carbonyl (C=O) groups is 1. The number of rotatable bonds is 3. The molecule has 74 valence electrons. The van der Waals surface area contributed by atoms with Crippen molar-refractivity contribution in [2.24, 2.45) is 0 Å². The Kier molecular flexibility index (Phi) is 7.61. The fourth-order valence-electron chi connectivity index (χ4n) is 0.662. The van der Waals surface area contributed by atoms with Gasteiger partial charge < -0.3 is 20.8 Å². The van der Waals surface area contributed by atoms with Crippen LogP contribution in [0.1, 0.15) is 0 Å². The first kappa shape index (κ1) is 14.0. The van der Waals surface area contributed by atoms with Crippen LogP contribution in [-0.2, 0) is 4.79 Å². The number of hydrogen-bond donors (Lipinski definition) is 1. The molecule has 1 aromatic carbocycles. The first-order valence-corrected chi connectivity index (χ1v) is 3.18. The molecule has 5 heteroatoms. The largest absolute Gasteiger partial charge is 0.482 e. The third kappa shape index (κ3) is 5.66. The number of hydrogen-bond acceptors (Lipinski definition) is 2. The number of carboxylic acids is 1. The lowest BCUT2D eigenvalue weighted by Crippen LogP contribution is -2.09. The van der Waals surface area contributed by atoms with Gasteiger partial charge in [-0.1, -0.05) is 18.2 Å². The fraction of sp³-hybridized carbons (Fsp3) is 0.125. The predicted octanol–water partition coefficient (Wildman–Crippen LogP) is -0.499. The third-order valence-electron chi connectivity index (χ3n) is 1.11. The minimum atomic E-state index is -0.964. The smallest absolute Gasteiger partial charge is 0.341 e. The molecule has 0 spiro atoms. The summed E-state index contributed by atoms with van der Waals surface area (Å²) in [6, 6.07) is 8.84. The summed E-state index contributed by atoms with van der Waals surface area (Å²) in [5, 5.41) is 8.25. The van der Waals surface area contributed by atoms with Crippen molar-refractivity contribution < 1.29 is 25.6 Å². The second kappa shape index (κ2) is 7.08. The molecule has 0 saturated heterocycles. The first-order chi connectivity index (χ1) is 5.29. The number of aliphatic carboxylic acids is 1. The molecule has 13 heavy (non-hydrogen) atoms. The van der Waals surface area contributed by atoms with Crippen LogP contribution in [0.25, 0.3) is 0 Å². The van der Waals surface area contributed by atoms with Crippen LogP contribution in [0.2, 0.25) is 0 Å². The van der Waals surface area contributed by atoms with Crippen molar-refractivity contribution >= 4 is 5.97 Å². The topological polar surface area (TPSA) is 110 Å². The van der Waals surface area contributed by atoms with Crippen molar-refractivity contribution in [2.75, 3.05) is 6.61 Å². The van der Waals surface area contributed by atoms with E-state index in [1.54, 1.807) is 24.3 Å². The highest BCUT2D eigenvalue weighted by Crippen LogP contribution is 2.07. The Morgan fingerprint density at radius 2 is 1.77 bits per heavy atom. The molecule has 0 unspecified atom stereocenters. The summed E-state index contributed by atoms with van der Waals surface area (Å²) in [4.78, 5) is 10.0. The Morgan fingerprint density at radius 1 is 1.23 bits per heavy atom. The van der Waals surface area contributed by atoms with E-state index >= 15 is 0 Å². The van der Waals surface area contributed by atoms with Gasteiger partial charge in [0.1, 0.15) is 5.75 Å². The Hall–Kier alpha value is -1.59. The Balaban J connectivity index is 0. The van der Waals surface area contributed by atoms with Crippen molar-refractivity contribution in [3.8, 4) is 5.75 Å². The van der Waals surface area contributed by atoms with Gasteiger partial charge in [-0.3, -0.25) is 0 Å². The maximum atomic E-state index is 10.0. The van der Waals surface area contributed by atoms with Gasteiger partial charge >= 0.3 is 5.97 Å². The van der Waals surface area contributed by atoms with Crippen molar-refractivity contribution in [1.82, 2.24) is 0 Å². The third-order valence-corrected chi connectivity index (χ3v) is 1.11. The van der Waals surface area contributed by atoms with Crippen molar-refractivity contribution in [1.29, 1.82) is 0 Å². The van der Waals surface area contributed by atoms with Gasteiger partial charge in [-0.2, -0.15) is 0 Å². The monoisotopic (exact) mass is 188 g/mol. The maximum Gasteiger partial charge on any atom is 0.341 e. The summed E-state index contributed by atoms with van der Waals surface area (Å²) in [6.45, 7) is -0.288. The molecule has 0 bridgehead atoms. The zero-order chi connectivity index (χ0) is 8.10. The molecule has 5 nitrogen and oxygen atoms in total.